The van der Waals surface area contributed by atoms with Gasteiger partial charge in [0, 0.05) is 12.3 Å². The molecule has 1 atom stereocenters. The molecule has 1 aliphatic heterocycles. The number of carbonyl (C=O) groups excluding carboxylic acids is 1. The summed E-state index contributed by atoms with van der Waals surface area (Å²) in [5, 5.41) is 0. The second-order valence-corrected chi connectivity index (χ2v) is 4.81. The van der Waals surface area contributed by atoms with E-state index in [2.05, 4.69) is 0 Å². The number of hydrogen-bond acceptors (Lipinski definition) is 3. The van der Waals surface area contributed by atoms with Crippen LogP contribution >= 0.6 is 0 Å². The van der Waals surface area contributed by atoms with E-state index in [4.69, 9.17) is 5.73 Å². The minimum Gasteiger partial charge on any atom is -0.322 e. The first-order valence-electron chi connectivity index (χ1n) is 4.72. The number of fused-ring (bicyclic) bond motifs is 1. The molecule has 5 heteroatoms. The Morgan fingerprint density at radius 1 is 1.47 bits per heavy atom. The fraction of sp³-hybridized carbons (Fsp3) is 0.300. The average Bonchev–Trinajstić information content (AvgIpc) is 2.29. The van der Waals surface area contributed by atoms with Gasteiger partial charge in [0.15, 0.2) is 0 Å². The molecule has 80 valence electrons. The number of amides is 1. The zero-order valence-electron chi connectivity index (χ0n) is 8.18. The zero-order valence-corrected chi connectivity index (χ0v) is 9.00. The fourth-order valence-corrected chi connectivity index (χ4v) is 2.86. The molecule has 4 nitrogen and oxygen atoms in total. The first kappa shape index (κ1) is 10.3. The molecule has 1 aliphatic rings. The maximum absolute atomic E-state index is 11.7. The van der Waals surface area contributed by atoms with Gasteiger partial charge in [-0.15, -0.1) is 0 Å². The number of anilines is 1. The number of para-hydroxylation sites is 1. The third kappa shape index (κ3) is 1.80. The van der Waals surface area contributed by atoms with Crippen molar-refractivity contribution < 1.29 is 9.00 Å². The number of benzene rings is 1. The van der Waals surface area contributed by atoms with Gasteiger partial charge in [0.2, 0.25) is 5.91 Å². The Kier molecular flexibility index (Phi) is 2.83. The molecule has 0 saturated carbocycles. The molecule has 0 aliphatic carbocycles. The molecule has 2 N–H and O–H groups in total. The second-order valence-electron chi connectivity index (χ2n) is 3.27. The van der Waals surface area contributed by atoms with Crippen LogP contribution in [0.2, 0.25) is 0 Å². The van der Waals surface area contributed by atoms with Gasteiger partial charge in [-0.05, 0) is 12.1 Å². The molecule has 0 saturated heterocycles. The molecule has 1 unspecified atom stereocenters. The molecular formula is C10H12N2O2S. The van der Waals surface area contributed by atoms with Crippen molar-refractivity contribution in [3.8, 4) is 0 Å². The van der Waals surface area contributed by atoms with Gasteiger partial charge >= 0.3 is 0 Å². The van der Waals surface area contributed by atoms with Crippen LogP contribution in [0.4, 0.5) is 5.69 Å². The van der Waals surface area contributed by atoms with E-state index in [-0.39, 0.29) is 12.5 Å². The van der Waals surface area contributed by atoms with Gasteiger partial charge < -0.3 is 10.6 Å². The largest absolute Gasteiger partial charge is 0.322 e. The Bertz CT molecular complexity index is 420. The Morgan fingerprint density at radius 3 is 2.93 bits per heavy atom. The summed E-state index contributed by atoms with van der Waals surface area (Å²) in [6.45, 7) is 0.473. The van der Waals surface area contributed by atoms with E-state index in [1.54, 1.807) is 17.0 Å². The highest BCUT2D eigenvalue weighted by Gasteiger charge is 2.24. The van der Waals surface area contributed by atoms with Crippen molar-refractivity contribution in [1.82, 2.24) is 0 Å². The number of rotatable bonds is 1. The van der Waals surface area contributed by atoms with E-state index in [0.29, 0.717) is 12.3 Å². The highest BCUT2D eigenvalue weighted by molar-refractivity contribution is 7.85. The van der Waals surface area contributed by atoms with Gasteiger partial charge in [-0.2, -0.15) is 0 Å². The minimum atomic E-state index is -0.989. The Labute approximate surface area is 90.5 Å². The van der Waals surface area contributed by atoms with Crippen LogP contribution in [0.3, 0.4) is 0 Å². The van der Waals surface area contributed by atoms with Crippen molar-refractivity contribution in [2.45, 2.75) is 4.90 Å². The summed E-state index contributed by atoms with van der Waals surface area (Å²) in [7, 11) is -0.989. The standard InChI is InChI=1S/C10H12N2O2S/c11-7-10(13)12-5-6-15(14)9-4-2-1-3-8(9)12/h1-4H,5-7,11H2. The van der Waals surface area contributed by atoms with E-state index < -0.39 is 10.8 Å². The molecule has 1 amide bonds. The van der Waals surface area contributed by atoms with E-state index >= 15 is 0 Å². The molecule has 0 spiro atoms. The normalized spacial score (nSPS) is 19.8. The van der Waals surface area contributed by atoms with E-state index in [9.17, 15) is 9.00 Å². The molecule has 15 heavy (non-hydrogen) atoms. The molecule has 1 aromatic carbocycles. The van der Waals surface area contributed by atoms with Crippen LogP contribution in [-0.2, 0) is 15.6 Å². The third-order valence-corrected chi connectivity index (χ3v) is 3.77. The maximum Gasteiger partial charge on any atom is 0.240 e. The van der Waals surface area contributed by atoms with Gasteiger partial charge in [-0.1, -0.05) is 12.1 Å². The molecule has 2 rings (SSSR count). The maximum atomic E-state index is 11.7. The van der Waals surface area contributed by atoms with Crippen molar-refractivity contribution in [3.63, 3.8) is 0 Å². The highest BCUT2D eigenvalue weighted by atomic mass is 32.2. The predicted octanol–water partition coefficient (Wildman–Crippen LogP) is 0.0995. The average molecular weight is 224 g/mol. The van der Waals surface area contributed by atoms with Crippen LogP contribution in [0.5, 0.6) is 0 Å². The second kappa shape index (κ2) is 4.12. The lowest BCUT2D eigenvalue weighted by Gasteiger charge is -2.28. The van der Waals surface area contributed by atoms with Crippen LogP contribution in [0, 0.1) is 0 Å². The molecular weight excluding hydrogens is 212 g/mol. The lowest BCUT2D eigenvalue weighted by atomic mass is 10.2. The fourth-order valence-electron chi connectivity index (χ4n) is 1.65. The van der Waals surface area contributed by atoms with Crippen molar-refractivity contribution in [1.29, 1.82) is 0 Å². The topological polar surface area (TPSA) is 63.4 Å². The van der Waals surface area contributed by atoms with Gasteiger partial charge in [0.25, 0.3) is 0 Å². The quantitative estimate of drug-likeness (QED) is 0.736. The van der Waals surface area contributed by atoms with Gasteiger partial charge in [-0.25, -0.2) is 0 Å². The summed E-state index contributed by atoms with van der Waals surface area (Å²) in [4.78, 5) is 13.9. The van der Waals surface area contributed by atoms with Crippen molar-refractivity contribution in [3.05, 3.63) is 24.3 Å². The third-order valence-electron chi connectivity index (χ3n) is 2.38. The molecule has 0 radical (unpaired) electrons. The number of hydrogen-bond donors (Lipinski definition) is 1. The van der Waals surface area contributed by atoms with Crippen molar-refractivity contribution in [2.24, 2.45) is 5.73 Å². The number of carbonyl (C=O) groups is 1. The lowest BCUT2D eigenvalue weighted by Crippen LogP contribution is -2.41. The Morgan fingerprint density at radius 2 is 2.20 bits per heavy atom. The molecule has 0 fully saturated rings. The minimum absolute atomic E-state index is 0.0129. The van der Waals surface area contributed by atoms with Crippen LogP contribution in [0.15, 0.2) is 29.2 Å². The highest BCUT2D eigenvalue weighted by Crippen LogP contribution is 2.27. The van der Waals surface area contributed by atoms with Crippen molar-refractivity contribution in [2.75, 3.05) is 23.7 Å². The van der Waals surface area contributed by atoms with E-state index in [1.165, 1.54) is 0 Å². The summed E-state index contributed by atoms with van der Waals surface area (Å²) in [5.74, 6) is 0.363. The predicted molar refractivity (Wildman–Crippen MR) is 59.1 cm³/mol. The monoisotopic (exact) mass is 224 g/mol. The number of nitrogens with two attached hydrogens (primary N) is 1. The summed E-state index contributed by atoms with van der Waals surface area (Å²) in [6, 6.07) is 7.26. The summed E-state index contributed by atoms with van der Waals surface area (Å²) in [5.41, 5.74) is 6.06. The molecule has 0 bridgehead atoms. The van der Waals surface area contributed by atoms with Crippen molar-refractivity contribution >= 4 is 22.4 Å². The summed E-state index contributed by atoms with van der Waals surface area (Å²) < 4.78 is 11.7. The molecule has 0 aromatic heterocycles. The Hall–Kier alpha value is -1.20. The first-order valence-corrected chi connectivity index (χ1v) is 6.04. The van der Waals surface area contributed by atoms with Gasteiger partial charge in [-0.3, -0.25) is 9.00 Å². The summed E-state index contributed by atoms with van der Waals surface area (Å²) >= 11 is 0. The van der Waals surface area contributed by atoms with Crippen LogP contribution in [0.25, 0.3) is 0 Å². The zero-order chi connectivity index (χ0) is 10.8. The van der Waals surface area contributed by atoms with E-state index in [1.807, 2.05) is 12.1 Å². The first-order chi connectivity index (χ1) is 7.24. The summed E-state index contributed by atoms with van der Waals surface area (Å²) in [6.07, 6.45) is 0. The Balaban J connectivity index is 2.44. The van der Waals surface area contributed by atoms with E-state index in [0.717, 1.165) is 10.6 Å². The van der Waals surface area contributed by atoms with Crippen LogP contribution < -0.4 is 10.6 Å². The van der Waals surface area contributed by atoms with Crippen LogP contribution in [-0.4, -0.2) is 29.0 Å². The van der Waals surface area contributed by atoms with Crippen LogP contribution in [0.1, 0.15) is 0 Å². The van der Waals surface area contributed by atoms with Gasteiger partial charge in [0.1, 0.15) is 0 Å². The van der Waals surface area contributed by atoms with Gasteiger partial charge in [0.05, 0.1) is 27.9 Å². The molecule has 1 aromatic rings. The smallest absolute Gasteiger partial charge is 0.240 e. The lowest BCUT2D eigenvalue weighted by molar-refractivity contribution is -0.117. The SMILES string of the molecule is NCC(=O)N1CCS(=O)c2ccccc21. The number of nitrogens with zero attached hydrogens (tertiary/aromatic N) is 1. The molecule has 1 heterocycles.